The molecule has 1 amide bonds. The number of aromatic nitrogens is 2. The van der Waals surface area contributed by atoms with E-state index in [1.54, 1.807) is 16.4 Å². The van der Waals surface area contributed by atoms with Gasteiger partial charge in [-0.1, -0.05) is 6.92 Å². The number of carbonyl (C=O) groups is 2. The molecule has 1 fully saturated rings. The number of piperidine rings is 1. The Hall–Kier alpha value is -2.22. The van der Waals surface area contributed by atoms with E-state index < -0.39 is 5.97 Å². The maximum atomic E-state index is 12.7. The second kappa shape index (κ2) is 7.07. The van der Waals surface area contributed by atoms with Crippen molar-refractivity contribution in [3.63, 3.8) is 0 Å². The maximum Gasteiger partial charge on any atom is 0.349 e. The Morgan fingerprint density at radius 2 is 2.11 bits per heavy atom. The maximum absolute atomic E-state index is 12.7. The molecule has 0 spiro atoms. The number of amides is 1. The molecule has 2 aliphatic heterocycles. The van der Waals surface area contributed by atoms with E-state index in [0.29, 0.717) is 39.7 Å². The number of fused-ring (bicyclic) bond motifs is 2. The van der Waals surface area contributed by atoms with E-state index >= 15 is 0 Å². The highest BCUT2D eigenvalue weighted by atomic mass is 32.1. The van der Waals surface area contributed by atoms with Crippen molar-refractivity contribution in [3.05, 3.63) is 26.6 Å². The number of hydrogen-bond acceptors (Lipinski definition) is 6. The third-order valence-corrected chi connectivity index (χ3v) is 6.60. The average molecular weight is 389 g/mol. The lowest BCUT2D eigenvalue weighted by Crippen LogP contribution is -2.41. The van der Waals surface area contributed by atoms with E-state index in [-0.39, 0.29) is 18.1 Å². The number of hydrogen-bond donors (Lipinski definition) is 0. The number of nitrogens with zero attached hydrogens (tertiary/aromatic N) is 3. The quantitative estimate of drug-likeness (QED) is 0.751. The van der Waals surface area contributed by atoms with Gasteiger partial charge >= 0.3 is 5.97 Å². The molecule has 0 aliphatic carbocycles. The van der Waals surface area contributed by atoms with Gasteiger partial charge in [0.1, 0.15) is 15.5 Å². The fourth-order valence-electron chi connectivity index (χ4n) is 3.97. The summed E-state index contributed by atoms with van der Waals surface area (Å²) in [6.07, 6.45) is 3.81. The number of likely N-dealkylation sites (tertiary alicyclic amines) is 1. The lowest BCUT2D eigenvalue weighted by atomic mass is 10.0. The minimum Gasteiger partial charge on any atom is -0.451 e. The Labute approximate surface area is 160 Å². The van der Waals surface area contributed by atoms with Crippen molar-refractivity contribution >= 4 is 33.4 Å². The highest BCUT2D eigenvalue weighted by Crippen LogP contribution is 2.29. The number of aryl methyl sites for hydroxylation is 2. The fraction of sp³-hybridized carbons (Fsp3) is 0.579. The molecule has 2 aromatic rings. The molecule has 4 rings (SSSR count). The van der Waals surface area contributed by atoms with Crippen LogP contribution >= 0.6 is 11.3 Å². The Morgan fingerprint density at radius 3 is 2.89 bits per heavy atom. The number of carbonyl (C=O) groups excluding carboxylic acids is 2. The normalized spacial score (nSPS) is 19.3. The summed E-state index contributed by atoms with van der Waals surface area (Å²) in [7, 11) is 0. The zero-order valence-electron chi connectivity index (χ0n) is 15.6. The van der Waals surface area contributed by atoms with Crippen molar-refractivity contribution in [2.24, 2.45) is 5.92 Å². The number of thiophene rings is 1. The highest BCUT2D eigenvalue weighted by Gasteiger charge is 2.26. The zero-order valence-corrected chi connectivity index (χ0v) is 16.4. The average Bonchev–Trinajstić information content (AvgIpc) is 3.24. The van der Waals surface area contributed by atoms with Crippen LogP contribution in [0.2, 0.25) is 0 Å². The first-order chi connectivity index (χ1) is 13.0. The van der Waals surface area contributed by atoms with E-state index in [1.807, 2.05) is 0 Å². The van der Waals surface area contributed by atoms with Crippen LogP contribution in [0.25, 0.3) is 10.2 Å². The molecular weight excluding hydrogens is 366 g/mol. The molecule has 144 valence electrons. The Balaban J connectivity index is 1.51. The van der Waals surface area contributed by atoms with Gasteiger partial charge in [-0.05, 0) is 37.7 Å². The SMILES string of the molecule is Cc1c(C(=O)OCC(=O)N2CCC[C@@H](C)C2)sc2nc3n(c(=O)c12)CCC3. The highest BCUT2D eigenvalue weighted by molar-refractivity contribution is 7.20. The molecule has 0 saturated carbocycles. The largest absolute Gasteiger partial charge is 0.451 e. The smallest absolute Gasteiger partial charge is 0.349 e. The van der Waals surface area contributed by atoms with Crippen molar-refractivity contribution in [1.29, 1.82) is 0 Å². The predicted molar refractivity (Wildman–Crippen MR) is 102 cm³/mol. The minimum atomic E-state index is -0.557. The number of ether oxygens (including phenoxy) is 1. The molecule has 2 aliphatic rings. The van der Waals surface area contributed by atoms with Crippen LogP contribution in [0.4, 0.5) is 0 Å². The molecule has 1 saturated heterocycles. The van der Waals surface area contributed by atoms with Crippen LogP contribution in [0.3, 0.4) is 0 Å². The van der Waals surface area contributed by atoms with Gasteiger partial charge in [0.25, 0.3) is 11.5 Å². The van der Waals surface area contributed by atoms with Gasteiger partial charge in [0.15, 0.2) is 6.61 Å². The summed E-state index contributed by atoms with van der Waals surface area (Å²) in [5.74, 6) is 0.539. The van der Waals surface area contributed by atoms with E-state index in [0.717, 1.165) is 38.1 Å². The standard InChI is InChI=1S/C19H23N3O4S/c1-11-5-3-7-21(9-11)14(23)10-26-19(25)16-12(2)15-17(27-16)20-13-6-4-8-22(13)18(15)24/h11H,3-10H2,1-2H3/t11-/m1/s1. The topological polar surface area (TPSA) is 81.5 Å². The van der Waals surface area contributed by atoms with Crippen LogP contribution < -0.4 is 5.56 Å². The third kappa shape index (κ3) is 3.26. The van der Waals surface area contributed by atoms with E-state index in [9.17, 15) is 14.4 Å². The van der Waals surface area contributed by atoms with Crippen LogP contribution in [0, 0.1) is 12.8 Å². The van der Waals surface area contributed by atoms with Crippen molar-refractivity contribution < 1.29 is 14.3 Å². The van der Waals surface area contributed by atoms with Crippen molar-refractivity contribution in [1.82, 2.24) is 14.5 Å². The summed E-state index contributed by atoms with van der Waals surface area (Å²) in [4.78, 5) is 44.8. The molecule has 0 N–H and O–H groups in total. The van der Waals surface area contributed by atoms with Gasteiger partial charge in [-0.25, -0.2) is 9.78 Å². The van der Waals surface area contributed by atoms with E-state index in [4.69, 9.17) is 4.74 Å². The second-order valence-electron chi connectivity index (χ2n) is 7.49. The first-order valence-corrected chi connectivity index (χ1v) is 10.2. The van der Waals surface area contributed by atoms with Crippen LogP contribution in [0.5, 0.6) is 0 Å². The van der Waals surface area contributed by atoms with Crippen LogP contribution in [0.15, 0.2) is 4.79 Å². The number of rotatable bonds is 3. The summed E-state index contributed by atoms with van der Waals surface area (Å²) in [5.41, 5.74) is 0.512. The van der Waals surface area contributed by atoms with Crippen molar-refractivity contribution in [2.45, 2.75) is 46.1 Å². The van der Waals surface area contributed by atoms with Gasteiger partial charge in [-0.15, -0.1) is 11.3 Å². The van der Waals surface area contributed by atoms with Crippen LogP contribution in [-0.2, 0) is 22.5 Å². The fourth-order valence-corrected chi connectivity index (χ4v) is 5.05. The molecule has 4 heterocycles. The lowest BCUT2D eigenvalue weighted by molar-refractivity contribution is -0.136. The van der Waals surface area contributed by atoms with Gasteiger partial charge in [0.05, 0.1) is 5.39 Å². The molecule has 0 aromatic carbocycles. The number of esters is 1. The summed E-state index contributed by atoms with van der Waals surface area (Å²) < 4.78 is 6.97. The second-order valence-corrected chi connectivity index (χ2v) is 8.49. The zero-order chi connectivity index (χ0) is 19.1. The molecule has 1 atom stereocenters. The van der Waals surface area contributed by atoms with Crippen molar-refractivity contribution in [2.75, 3.05) is 19.7 Å². The summed E-state index contributed by atoms with van der Waals surface area (Å²) >= 11 is 1.18. The van der Waals surface area contributed by atoms with Gasteiger partial charge < -0.3 is 9.64 Å². The first-order valence-electron chi connectivity index (χ1n) is 9.43. The molecule has 27 heavy (non-hydrogen) atoms. The lowest BCUT2D eigenvalue weighted by Gasteiger charge is -2.30. The molecule has 0 radical (unpaired) electrons. The summed E-state index contributed by atoms with van der Waals surface area (Å²) in [5, 5.41) is 0.494. The van der Waals surface area contributed by atoms with Gasteiger partial charge in [0.2, 0.25) is 0 Å². The first kappa shape index (κ1) is 18.2. The van der Waals surface area contributed by atoms with Crippen LogP contribution in [0.1, 0.15) is 47.2 Å². The third-order valence-electron chi connectivity index (χ3n) is 5.43. The van der Waals surface area contributed by atoms with Crippen molar-refractivity contribution in [3.8, 4) is 0 Å². The minimum absolute atomic E-state index is 0.0846. The molecular formula is C19H23N3O4S. The van der Waals surface area contributed by atoms with E-state index in [2.05, 4.69) is 11.9 Å². The molecule has 7 nitrogen and oxygen atoms in total. The van der Waals surface area contributed by atoms with Crippen LogP contribution in [-0.4, -0.2) is 46.0 Å². The molecule has 8 heteroatoms. The van der Waals surface area contributed by atoms with E-state index in [1.165, 1.54) is 11.3 Å². The Bertz CT molecular complexity index is 977. The molecule has 0 bridgehead atoms. The molecule has 0 unspecified atom stereocenters. The Morgan fingerprint density at radius 1 is 1.30 bits per heavy atom. The molecule has 2 aromatic heterocycles. The monoisotopic (exact) mass is 389 g/mol. The van der Waals surface area contributed by atoms with Gasteiger partial charge in [-0.3, -0.25) is 14.2 Å². The predicted octanol–water partition coefficient (Wildman–Crippen LogP) is 2.13. The van der Waals surface area contributed by atoms with Gasteiger partial charge in [-0.2, -0.15) is 0 Å². The van der Waals surface area contributed by atoms with Gasteiger partial charge in [0, 0.05) is 26.1 Å². The summed E-state index contributed by atoms with van der Waals surface area (Å²) in [6.45, 7) is 5.71. The Kier molecular flexibility index (Phi) is 4.75. The summed E-state index contributed by atoms with van der Waals surface area (Å²) in [6, 6.07) is 0.